The number of carbonyl (C=O) groups excluding carboxylic acids is 2. The molecule has 1 atom stereocenters. The summed E-state index contributed by atoms with van der Waals surface area (Å²) in [6.07, 6.45) is 6.06. The number of rotatable bonds is 5. The topological polar surface area (TPSA) is 63.6 Å². The van der Waals surface area contributed by atoms with Gasteiger partial charge in [0.05, 0.1) is 11.8 Å². The Bertz CT molecular complexity index is 1190. The van der Waals surface area contributed by atoms with Crippen LogP contribution < -0.4 is 10.2 Å². The number of nitrogens with zero attached hydrogens (tertiary/aromatic N) is 2. The number of likely N-dealkylation sites (N-methyl/N-ethyl adjacent to an activating group) is 1. The highest BCUT2D eigenvalue weighted by atomic mass is 16.5. The number of fused-ring (bicyclic) bond motifs is 2. The molecule has 0 spiro atoms. The quantitative estimate of drug-likeness (QED) is 0.649. The van der Waals surface area contributed by atoms with E-state index >= 15 is 0 Å². The van der Waals surface area contributed by atoms with Gasteiger partial charge in [0.25, 0.3) is 5.91 Å². The molecule has 6 heteroatoms. The number of anilines is 1. The highest BCUT2D eigenvalue weighted by molar-refractivity contribution is 6.36. The summed E-state index contributed by atoms with van der Waals surface area (Å²) < 4.78 is 7.53. The first-order valence-electron chi connectivity index (χ1n) is 10.7. The summed E-state index contributed by atoms with van der Waals surface area (Å²) in [5.74, 6) is -0.0650. The Kier molecular flexibility index (Phi) is 5.08. The number of nitrogens with one attached hydrogen (secondary N) is 1. The molecule has 1 saturated heterocycles. The van der Waals surface area contributed by atoms with E-state index in [1.54, 1.807) is 11.9 Å². The summed E-state index contributed by atoms with van der Waals surface area (Å²) in [4.78, 5) is 27.1. The van der Waals surface area contributed by atoms with E-state index in [4.69, 9.17) is 4.74 Å². The van der Waals surface area contributed by atoms with Crippen LogP contribution in [-0.2, 0) is 20.9 Å². The highest BCUT2D eigenvalue weighted by Gasteiger charge is 2.29. The lowest BCUT2D eigenvalue weighted by atomic mass is 10.0. The Balaban J connectivity index is 1.45. The molecule has 5 rings (SSSR count). The van der Waals surface area contributed by atoms with Crippen molar-refractivity contribution in [1.82, 2.24) is 9.88 Å². The second-order valence-electron chi connectivity index (χ2n) is 8.11. The minimum atomic E-state index is -0.0440. The van der Waals surface area contributed by atoms with Crippen LogP contribution in [0, 0.1) is 0 Å². The van der Waals surface area contributed by atoms with Gasteiger partial charge in [-0.15, -0.1) is 0 Å². The van der Waals surface area contributed by atoms with Crippen LogP contribution in [0.2, 0.25) is 0 Å². The van der Waals surface area contributed by atoms with Gasteiger partial charge in [-0.3, -0.25) is 9.59 Å². The molecule has 6 nitrogen and oxygen atoms in total. The SMILES string of the molecule is CN1C(=O)/C(=C/c2cn(CC(=O)NC[C@@H]3CCCO3)c3ccccc23)c2ccccc21. The maximum Gasteiger partial charge on any atom is 0.258 e. The summed E-state index contributed by atoms with van der Waals surface area (Å²) in [7, 11) is 1.80. The first-order chi connectivity index (χ1) is 15.1. The van der Waals surface area contributed by atoms with Gasteiger partial charge in [0.2, 0.25) is 5.91 Å². The van der Waals surface area contributed by atoms with E-state index in [0.29, 0.717) is 12.1 Å². The summed E-state index contributed by atoms with van der Waals surface area (Å²) in [6, 6.07) is 15.8. The van der Waals surface area contributed by atoms with Crippen LogP contribution in [0.3, 0.4) is 0 Å². The van der Waals surface area contributed by atoms with Crippen molar-refractivity contribution in [2.75, 3.05) is 25.1 Å². The molecule has 1 aromatic heterocycles. The molecule has 0 radical (unpaired) electrons. The molecule has 31 heavy (non-hydrogen) atoms. The predicted molar refractivity (Wildman–Crippen MR) is 122 cm³/mol. The van der Waals surface area contributed by atoms with Crippen LogP contribution in [0.15, 0.2) is 54.7 Å². The number of aromatic nitrogens is 1. The van der Waals surface area contributed by atoms with Crippen molar-refractivity contribution in [2.45, 2.75) is 25.5 Å². The smallest absolute Gasteiger partial charge is 0.258 e. The van der Waals surface area contributed by atoms with Crippen molar-refractivity contribution >= 4 is 40.1 Å². The minimum absolute atomic E-state index is 0.0210. The van der Waals surface area contributed by atoms with Gasteiger partial charge in [-0.25, -0.2) is 0 Å². The molecule has 2 amide bonds. The van der Waals surface area contributed by atoms with Crippen molar-refractivity contribution in [1.29, 1.82) is 0 Å². The number of carbonyl (C=O) groups is 2. The molecule has 0 aliphatic carbocycles. The molecule has 2 aliphatic rings. The van der Waals surface area contributed by atoms with Gasteiger partial charge in [-0.2, -0.15) is 0 Å². The van der Waals surface area contributed by atoms with Crippen LogP contribution in [-0.4, -0.2) is 42.7 Å². The van der Waals surface area contributed by atoms with Crippen molar-refractivity contribution in [3.05, 3.63) is 65.9 Å². The van der Waals surface area contributed by atoms with Gasteiger partial charge >= 0.3 is 0 Å². The van der Waals surface area contributed by atoms with Gasteiger partial charge in [-0.05, 0) is 31.1 Å². The second-order valence-corrected chi connectivity index (χ2v) is 8.11. The first kappa shape index (κ1) is 19.6. The number of ether oxygens (including phenoxy) is 1. The third-order valence-corrected chi connectivity index (χ3v) is 6.07. The number of hydrogen-bond donors (Lipinski definition) is 1. The standard InChI is InChI=1S/C25H25N3O3/c1-27-22-10-4-3-9-20(22)21(25(27)30)13-17-15-28(23-11-5-2-8-19(17)23)16-24(29)26-14-18-7-6-12-31-18/h2-5,8-11,13,15,18H,6-7,12,14,16H2,1H3,(H,26,29)/b21-13+/t18-/m0/s1. The zero-order chi connectivity index (χ0) is 21.4. The van der Waals surface area contributed by atoms with Crippen molar-refractivity contribution in [3.63, 3.8) is 0 Å². The minimum Gasteiger partial charge on any atom is -0.376 e. The van der Waals surface area contributed by atoms with Gasteiger partial charge in [0.1, 0.15) is 6.54 Å². The normalized spacial score (nSPS) is 19.4. The fraction of sp³-hybridized carbons (Fsp3) is 0.280. The third kappa shape index (κ3) is 3.64. The van der Waals surface area contributed by atoms with Crippen molar-refractivity contribution < 1.29 is 14.3 Å². The Morgan fingerprint density at radius 3 is 2.84 bits per heavy atom. The average Bonchev–Trinajstić information content (AvgIpc) is 3.49. The Morgan fingerprint density at radius 2 is 2.00 bits per heavy atom. The van der Waals surface area contributed by atoms with Gasteiger partial charge in [0.15, 0.2) is 0 Å². The Hall–Kier alpha value is -3.38. The summed E-state index contributed by atoms with van der Waals surface area (Å²) in [5, 5.41) is 4.00. The van der Waals surface area contributed by atoms with Gasteiger partial charge < -0.3 is 19.5 Å². The first-order valence-corrected chi connectivity index (χ1v) is 10.7. The Labute approximate surface area is 181 Å². The van der Waals surface area contributed by atoms with Crippen LogP contribution in [0.5, 0.6) is 0 Å². The predicted octanol–water partition coefficient (Wildman–Crippen LogP) is 3.45. The molecule has 3 aromatic rings. The van der Waals surface area contributed by atoms with E-state index in [9.17, 15) is 9.59 Å². The number of hydrogen-bond acceptors (Lipinski definition) is 3. The number of para-hydroxylation sites is 2. The van der Waals surface area contributed by atoms with E-state index in [1.807, 2.05) is 65.4 Å². The van der Waals surface area contributed by atoms with Crippen LogP contribution in [0.25, 0.3) is 22.6 Å². The largest absolute Gasteiger partial charge is 0.376 e. The van der Waals surface area contributed by atoms with E-state index in [-0.39, 0.29) is 24.5 Å². The number of amides is 2. The van der Waals surface area contributed by atoms with E-state index in [1.165, 1.54) is 0 Å². The lowest BCUT2D eigenvalue weighted by molar-refractivity contribution is -0.122. The summed E-state index contributed by atoms with van der Waals surface area (Å²) >= 11 is 0. The second kappa shape index (κ2) is 8.04. The molecule has 1 fully saturated rings. The summed E-state index contributed by atoms with van der Waals surface area (Å²) in [5.41, 5.74) is 4.41. The molecule has 2 aromatic carbocycles. The van der Waals surface area contributed by atoms with Crippen LogP contribution >= 0.6 is 0 Å². The van der Waals surface area contributed by atoms with Gasteiger partial charge in [-0.1, -0.05) is 36.4 Å². The van der Waals surface area contributed by atoms with Gasteiger partial charge in [0, 0.05) is 54.0 Å². The van der Waals surface area contributed by atoms with E-state index < -0.39 is 0 Å². The van der Waals surface area contributed by atoms with Crippen molar-refractivity contribution in [2.24, 2.45) is 0 Å². The number of benzene rings is 2. The molecule has 0 bridgehead atoms. The zero-order valence-corrected chi connectivity index (χ0v) is 17.5. The lowest BCUT2D eigenvalue weighted by Crippen LogP contribution is -2.34. The summed E-state index contributed by atoms with van der Waals surface area (Å²) in [6.45, 7) is 1.55. The fourth-order valence-electron chi connectivity index (χ4n) is 4.46. The maximum atomic E-state index is 12.9. The third-order valence-electron chi connectivity index (χ3n) is 6.07. The zero-order valence-electron chi connectivity index (χ0n) is 17.5. The molecule has 0 saturated carbocycles. The molecule has 2 aliphatic heterocycles. The van der Waals surface area contributed by atoms with Crippen LogP contribution in [0.1, 0.15) is 24.0 Å². The monoisotopic (exact) mass is 415 g/mol. The van der Waals surface area contributed by atoms with Crippen LogP contribution in [0.4, 0.5) is 5.69 Å². The molecular formula is C25H25N3O3. The van der Waals surface area contributed by atoms with E-state index in [2.05, 4.69) is 5.32 Å². The van der Waals surface area contributed by atoms with Crippen molar-refractivity contribution in [3.8, 4) is 0 Å². The lowest BCUT2D eigenvalue weighted by Gasteiger charge is -2.11. The van der Waals surface area contributed by atoms with E-state index in [0.717, 1.165) is 47.2 Å². The average molecular weight is 415 g/mol. The highest BCUT2D eigenvalue weighted by Crippen LogP contribution is 2.37. The Morgan fingerprint density at radius 1 is 1.19 bits per heavy atom. The molecular weight excluding hydrogens is 390 g/mol. The molecule has 3 heterocycles. The fourth-order valence-corrected chi connectivity index (χ4v) is 4.46. The molecule has 1 N–H and O–H groups in total. The molecule has 0 unspecified atom stereocenters. The maximum absolute atomic E-state index is 12.9. The molecule has 158 valence electrons.